The second-order valence-corrected chi connectivity index (χ2v) is 3.82. The summed E-state index contributed by atoms with van der Waals surface area (Å²) in [7, 11) is 4.60. The summed E-state index contributed by atoms with van der Waals surface area (Å²) in [6, 6.07) is 0. The Balaban J connectivity index is 3.14. The van der Waals surface area contributed by atoms with Gasteiger partial charge in [-0.2, -0.15) is 5.10 Å². The largest absolute Gasteiger partial charge is 0.378 e. The van der Waals surface area contributed by atoms with Crippen LogP contribution >= 0.6 is 11.6 Å². The molecule has 1 aromatic rings. The Labute approximate surface area is 93.6 Å². The number of aryl methyl sites for hydroxylation is 1. The van der Waals surface area contributed by atoms with E-state index in [0.717, 1.165) is 0 Å². The molecular formula is C9H15ClN2O3. The fourth-order valence-electron chi connectivity index (χ4n) is 1.65. The Bertz CT molecular complexity index is 315. The van der Waals surface area contributed by atoms with Gasteiger partial charge in [0.15, 0.2) is 11.9 Å². The van der Waals surface area contributed by atoms with Crippen LogP contribution in [0.5, 0.6) is 0 Å². The van der Waals surface area contributed by atoms with Gasteiger partial charge >= 0.3 is 0 Å². The molecule has 0 amide bonds. The summed E-state index contributed by atoms with van der Waals surface area (Å²) < 4.78 is 11.5. The fraction of sp³-hybridized carbons (Fsp3) is 0.667. The number of aromatic nitrogens is 2. The summed E-state index contributed by atoms with van der Waals surface area (Å²) in [4.78, 5) is 0. The molecule has 0 fully saturated rings. The summed E-state index contributed by atoms with van der Waals surface area (Å²) in [6.45, 7) is 1.56. The van der Waals surface area contributed by atoms with E-state index in [2.05, 4.69) is 5.10 Å². The van der Waals surface area contributed by atoms with Crippen molar-refractivity contribution in [2.45, 2.75) is 18.8 Å². The van der Waals surface area contributed by atoms with Gasteiger partial charge in [-0.3, -0.25) is 4.68 Å². The first-order valence-electron chi connectivity index (χ1n) is 4.41. The van der Waals surface area contributed by atoms with E-state index in [1.54, 1.807) is 14.0 Å². The molecule has 0 radical (unpaired) electrons. The smallest absolute Gasteiger partial charge is 0.191 e. The average molecular weight is 235 g/mol. The molecule has 1 aromatic heterocycles. The number of hydrogen-bond donors (Lipinski definition) is 1. The monoisotopic (exact) mass is 234 g/mol. The molecule has 86 valence electrons. The highest BCUT2D eigenvalue weighted by atomic mass is 35.5. The number of ether oxygens (including phenoxy) is 2. The highest BCUT2D eigenvalue weighted by Gasteiger charge is 2.38. The Morgan fingerprint density at radius 3 is 2.40 bits per heavy atom. The van der Waals surface area contributed by atoms with E-state index in [4.69, 9.17) is 21.1 Å². The predicted octanol–water partition coefficient (Wildman–Crippen LogP) is 0.900. The number of rotatable bonds is 4. The van der Waals surface area contributed by atoms with Crippen LogP contribution in [0.4, 0.5) is 0 Å². The van der Waals surface area contributed by atoms with E-state index in [1.807, 2.05) is 0 Å². The molecule has 15 heavy (non-hydrogen) atoms. The normalized spacial score (nSPS) is 15.7. The third-order valence-electron chi connectivity index (χ3n) is 2.26. The summed E-state index contributed by atoms with van der Waals surface area (Å²) in [5.41, 5.74) is -0.899. The van der Waals surface area contributed by atoms with Gasteiger partial charge in [-0.15, -0.1) is 0 Å². The van der Waals surface area contributed by atoms with Crippen molar-refractivity contribution >= 4 is 11.6 Å². The summed E-state index contributed by atoms with van der Waals surface area (Å²) >= 11 is 5.93. The van der Waals surface area contributed by atoms with Crippen molar-refractivity contribution in [2.24, 2.45) is 7.05 Å². The van der Waals surface area contributed by atoms with Crippen molar-refractivity contribution in [2.75, 3.05) is 14.2 Å². The molecule has 1 atom stereocenters. The Hall–Kier alpha value is -0.620. The minimum atomic E-state index is -1.36. The standard InChI is InChI=1S/C9H15ClN2O3/c1-9(13,8(14-3)15-4)7-6(10)5-11-12(7)2/h5,8,13H,1-4H3. The van der Waals surface area contributed by atoms with Crippen LogP contribution in [-0.4, -0.2) is 35.4 Å². The minimum absolute atomic E-state index is 0.376. The van der Waals surface area contributed by atoms with Gasteiger partial charge < -0.3 is 14.6 Å². The van der Waals surface area contributed by atoms with Crippen LogP contribution in [0, 0.1) is 0 Å². The molecule has 1 unspecified atom stereocenters. The van der Waals surface area contributed by atoms with Crippen molar-refractivity contribution in [3.05, 3.63) is 16.9 Å². The van der Waals surface area contributed by atoms with Gasteiger partial charge in [-0.05, 0) is 6.92 Å². The Kier molecular flexibility index (Phi) is 3.72. The lowest BCUT2D eigenvalue weighted by atomic mass is 10.0. The number of hydrogen-bond acceptors (Lipinski definition) is 4. The van der Waals surface area contributed by atoms with Crippen LogP contribution in [0.1, 0.15) is 12.6 Å². The van der Waals surface area contributed by atoms with Gasteiger partial charge in [0.1, 0.15) is 0 Å². The molecule has 6 heteroatoms. The first-order chi connectivity index (χ1) is 6.95. The Morgan fingerprint density at radius 1 is 1.53 bits per heavy atom. The molecular weight excluding hydrogens is 220 g/mol. The molecule has 5 nitrogen and oxygen atoms in total. The highest BCUT2D eigenvalue weighted by Crippen LogP contribution is 2.31. The van der Waals surface area contributed by atoms with Crippen molar-refractivity contribution in [3.8, 4) is 0 Å². The summed E-state index contributed by atoms with van der Waals surface area (Å²) in [6.07, 6.45) is 0.665. The lowest BCUT2D eigenvalue weighted by Crippen LogP contribution is -2.41. The van der Waals surface area contributed by atoms with Crippen molar-refractivity contribution in [1.82, 2.24) is 9.78 Å². The maximum Gasteiger partial charge on any atom is 0.191 e. The third kappa shape index (κ3) is 2.15. The zero-order valence-corrected chi connectivity index (χ0v) is 9.95. The zero-order chi connectivity index (χ0) is 11.6. The van der Waals surface area contributed by atoms with Gasteiger partial charge in [0.05, 0.1) is 16.9 Å². The van der Waals surface area contributed by atoms with Crippen LogP contribution < -0.4 is 0 Å². The van der Waals surface area contributed by atoms with E-state index in [1.165, 1.54) is 25.1 Å². The average Bonchev–Trinajstić information content (AvgIpc) is 2.48. The quantitative estimate of drug-likeness (QED) is 0.787. The molecule has 1 rings (SSSR count). The second-order valence-electron chi connectivity index (χ2n) is 3.42. The SMILES string of the molecule is COC(OC)C(C)(O)c1c(Cl)cnn1C. The number of aliphatic hydroxyl groups is 1. The van der Waals surface area contributed by atoms with Crippen LogP contribution in [-0.2, 0) is 22.1 Å². The van der Waals surface area contributed by atoms with Crippen molar-refractivity contribution in [3.63, 3.8) is 0 Å². The molecule has 0 aliphatic heterocycles. The lowest BCUT2D eigenvalue weighted by Gasteiger charge is -2.30. The molecule has 0 spiro atoms. The van der Waals surface area contributed by atoms with Crippen molar-refractivity contribution in [1.29, 1.82) is 0 Å². The predicted molar refractivity (Wildman–Crippen MR) is 55.6 cm³/mol. The number of nitrogens with zero attached hydrogens (tertiary/aromatic N) is 2. The number of halogens is 1. The lowest BCUT2D eigenvalue weighted by molar-refractivity contribution is -0.215. The van der Waals surface area contributed by atoms with E-state index in [9.17, 15) is 5.11 Å². The van der Waals surface area contributed by atoms with Gasteiger partial charge in [-0.25, -0.2) is 0 Å². The number of methoxy groups -OCH3 is 2. The van der Waals surface area contributed by atoms with Crippen LogP contribution in [0.2, 0.25) is 5.02 Å². The van der Waals surface area contributed by atoms with Crippen LogP contribution in [0.3, 0.4) is 0 Å². The van der Waals surface area contributed by atoms with Crippen LogP contribution in [0.25, 0.3) is 0 Å². The van der Waals surface area contributed by atoms with Gasteiger partial charge in [0.2, 0.25) is 0 Å². The van der Waals surface area contributed by atoms with E-state index >= 15 is 0 Å². The summed E-state index contributed by atoms with van der Waals surface area (Å²) in [5, 5.41) is 14.6. The second kappa shape index (κ2) is 4.49. The van der Waals surface area contributed by atoms with E-state index in [-0.39, 0.29) is 0 Å². The molecule has 0 aromatic carbocycles. The van der Waals surface area contributed by atoms with E-state index < -0.39 is 11.9 Å². The molecule has 1 N–H and O–H groups in total. The minimum Gasteiger partial charge on any atom is -0.378 e. The van der Waals surface area contributed by atoms with Gasteiger partial charge in [0.25, 0.3) is 0 Å². The third-order valence-corrected chi connectivity index (χ3v) is 2.54. The Morgan fingerprint density at radius 2 is 2.07 bits per heavy atom. The maximum absolute atomic E-state index is 10.3. The molecule has 0 saturated heterocycles. The zero-order valence-electron chi connectivity index (χ0n) is 9.19. The fourth-order valence-corrected chi connectivity index (χ4v) is 2.00. The van der Waals surface area contributed by atoms with Crippen LogP contribution in [0.15, 0.2) is 6.20 Å². The maximum atomic E-state index is 10.3. The van der Waals surface area contributed by atoms with Gasteiger partial charge in [-0.1, -0.05) is 11.6 Å². The highest BCUT2D eigenvalue weighted by molar-refractivity contribution is 6.31. The first kappa shape index (κ1) is 12.4. The molecule has 0 aliphatic rings. The molecule has 1 heterocycles. The summed E-state index contributed by atoms with van der Waals surface area (Å²) in [5.74, 6) is 0. The topological polar surface area (TPSA) is 56.5 Å². The van der Waals surface area contributed by atoms with E-state index in [0.29, 0.717) is 10.7 Å². The first-order valence-corrected chi connectivity index (χ1v) is 4.78. The van der Waals surface area contributed by atoms with Gasteiger partial charge in [0, 0.05) is 21.3 Å². The molecule has 0 aliphatic carbocycles. The van der Waals surface area contributed by atoms with Crippen molar-refractivity contribution < 1.29 is 14.6 Å². The molecule has 0 saturated carbocycles. The molecule has 0 bridgehead atoms.